The van der Waals surface area contributed by atoms with Crippen molar-refractivity contribution in [2.24, 2.45) is 0 Å². The highest BCUT2D eigenvalue weighted by Crippen LogP contribution is 2.44. The largest absolute Gasteiger partial charge is 0.0622 e. The quantitative estimate of drug-likeness (QED) is 0.137. The zero-order chi connectivity index (χ0) is 31.2. The van der Waals surface area contributed by atoms with Crippen LogP contribution < -0.4 is 0 Å². The van der Waals surface area contributed by atoms with Crippen LogP contribution in [0.3, 0.4) is 0 Å². The molecule has 9 aromatic rings. The molecule has 0 aliphatic carbocycles. The third kappa shape index (κ3) is 4.69. The second-order valence-electron chi connectivity index (χ2n) is 12.4. The van der Waals surface area contributed by atoms with Crippen LogP contribution in [0.15, 0.2) is 182 Å². The maximum absolute atomic E-state index is 2.43. The van der Waals surface area contributed by atoms with Crippen LogP contribution in [-0.2, 0) is 6.42 Å². The minimum Gasteiger partial charge on any atom is -0.0622 e. The third-order valence-corrected chi connectivity index (χ3v) is 9.75. The monoisotopic (exact) mass is 596 g/mol. The molecule has 9 aromatic carbocycles. The summed E-state index contributed by atoms with van der Waals surface area (Å²) < 4.78 is 0. The Balaban J connectivity index is 1.35. The lowest BCUT2D eigenvalue weighted by Crippen LogP contribution is -1.97. The van der Waals surface area contributed by atoms with Gasteiger partial charge in [0, 0.05) is 0 Å². The summed E-state index contributed by atoms with van der Waals surface area (Å²) in [6, 6.07) is 66.7. The van der Waals surface area contributed by atoms with Gasteiger partial charge >= 0.3 is 0 Å². The number of hydrogen-bond donors (Lipinski definition) is 0. The van der Waals surface area contributed by atoms with Gasteiger partial charge in [0.1, 0.15) is 0 Å². The summed E-state index contributed by atoms with van der Waals surface area (Å²) in [6.45, 7) is 0. The molecule has 0 spiro atoms. The summed E-state index contributed by atoms with van der Waals surface area (Å²) in [7, 11) is 0. The smallest absolute Gasteiger partial charge is 0.000728 e. The molecule has 47 heavy (non-hydrogen) atoms. The summed E-state index contributed by atoms with van der Waals surface area (Å²) >= 11 is 0. The van der Waals surface area contributed by atoms with Crippen molar-refractivity contribution in [2.45, 2.75) is 6.42 Å². The molecule has 0 saturated carbocycles. The van der Waals surface area contributed by atoms with Crippen molar-refractivity contribution in [3.63, 3.8) is 0 Å². The molecule has 9 rings (SSSR count). The molecule has 0 aliphatic rings. The minimum atomic E-state index is 0.851. The Labute approximate surface area is 275 Å². The maximum atomic E-state index is 2.43. The maximum Gasteiger partial charge on any atom is -0.000728 e. The van der Waals surface area contributed by atoms with Crippen molar-refractivity contribution in [3.05, 3.63) is 193 Å². The predicted octanol–water partition coefficient (Wildman–Crippen LogP) is 12.9. The van der Waals surface area contributed by atoms with E-state index in [-0.39, 0.29) is 0 Å². The van der Waals surface area contributed by atoms with Gasteiger partial charge in [-0.3, -0.25) is 0 Å². The van der Waals surface area contributed by atoms with Crippen LogP contribution in [0.5, 0.6) is 0 Å². The molecule has 0 bridgehead atoms. The SMILES string of the molecule is c1ccc(-c2ccccc2Cc2c3ccccc3c(-c3cc(-c4ccccc4)c4ccc5ccccc5c4c3)c3ccccc23)cc1. The van der Waals surface area contributed by atoms with E-state index in [2.05, 4.69) is 182 Å². The van der Waals surface area contributed by atoms with Crippen LogP contribution in [0.1, 0.15) is 11.1 Å². The summed E-state index contributed by atoms with van der Waals surface area (Å²) in [5.74, 6) is 0. The van der Waals surface area contributed by atoms with Crippen LogP contribution in [0.2, 0.25) is 0 Å². The molecule has 0 amide bonds. The molecule has 0 atom stereocenters. The molecule has 0 heterocycles. The van der Waals surface area contributed by atoms with Crippen LogP contribution in [0.4, 0.5) is 0 Å². The fourth-order valence-corrected chi connectivity index (χ4v) is 7.60. The lowest BCUT2D eigenvalue weighted by Gasteiger charge is -2.20. The first-order chi connectivity index (χ1) is 23.3. The molecule has 0 aliphatic heterocycles. The van der Waals surface area contributed by atoms with E-state index < -0.39 is 0 Å². The molecule has 0 radical (unpaired) electrons. The Morgan fingerprint density at radius 1 is 0.298 bits per heavy atom. The van der Waals surface area contributed by atoms with Gasteiger partial charge in [0.25, 0.3) is 0 Å². The van der Waals surface area contributed by atoms with Crippen molar-refractivity contribution in [1.82, 2.24) is 0 Å². The Kier molecular flexibility index (Phi) is 6.65. The highest BCUT2D eigenvalue weighted by atomic mass is 14.2. The van der Waals surface area contributed by atoms with E-state index >= 15 is 0 Å². The first-order valence-corrected chi connectivity index (χ1v) is 16.4. The van der Waals surface area contributed by atoms with Gasteiger partial charge in [-0.15, -0.1) is 0 Å². The Hall–Kier alpha value is -5.98. The highest BCUT2D eigenvalue weighted by Gasteiger charge is 2.19. The lowest BCUT2D eigenvalue weighted by molar-refractivity contribution is 1.23. The molecular weight excluding hydrogens is 565 g/mol. The first-order valence-electron chi connectivity index (χ1n) is 16.4. The second kappa shape index (κ2) is 11.4. The van der Waals surface area contributed by atoms with Gasteiger partial charge in [-0.2, -0.15) is 0 Å². The zero-order valence-corrected chi connectivity index (χ0v) is 26.0. The van der Waals surface area contributed by atoms with Gasteiger partial charge in [-0.25, -0.2) is 0 Å². The summed E-state index contributed by atoms with van der Waals surface area (Å²) in [6.07, 6.45) is 0.851. The van der Waals surface area contributed by atoms with Crippen molar-refractivity contribution in [1.29, 1.82) is 0 Å². The molecule has 0 unspecified atom stereocenters. The molecule has 0 heteroatoms. The second-order valence-corrected chi connectivity index (χ2v) is 12.4. The van der Waals surface area contributed by atoms with E-state index in [0.717, 1.165) is 6.42 Å². The molecule has 0 nitrogen and oxygen atoms in total. The fourth-order valence-electron chi connectivity index (χ4n) is 7.60. The van der Waals surface area contributed by atoms with E-state index in [9.17, 15) is 0 Å². The summed E-state index contributed by atoms with van der Waals surface area (Å²) in [5.41, 5.74) is 10.3. The molecular formula is C47H32. The van der Waals surface area contributed by atoms with E-state index in [4.69, 9.17) is 0 Å². The number of hydrogen-bond acceptors (Lipinski definition) is 0. The van der Waals surface area contributed by atoms with Gasteiger partial charge in [-0.05, 0) is 106 Å². The lowest BCUT2D eigenvalue weighted by atomic mass is 9.83. The van der Waals surface area contributed by atoms with E-state index in [1.807, 2.05) is 0 Å². The third-order valence-electron chi connectivity index (χ3n) is 9.75. The van der Waals surface area contributed by atoms with Gasteiger partial charge in [0.2, 0.25) is 0 Å². The van der Waals surface area contributed by atoms with E-state index in [0.29, 0.717) is 0 Å². The Morgan fingerprint density at radius 2 is 0.830 bits per heavy atom. The molecule has 0 saturated heterocycles. The Bertz CT molecular complexity index is 2520. The van der Waals surface area contributed by atoms with Crippen LogP contribution in [0, 0.1) is 0 Å². The van der Waals surface area contributed by atoms with Crippen molar-refractivity contribution in [3.8, 4) is 33.4 Å². The van der Waals surface area contributed by atoms with Gasteiger partial charge < -0.3 is 0 Å². The minimum absolute atomic E-state index is 0.851. The number of benzene rings is 9. The zero-order valence-electron chi connectivity index (χ0n) is 26.0. The topological polar surface area (TPSA) is 0 Å². The average molecular weight is 597 g/mol. The fraction of sp³-hybridized carbons (Fsp3) is 0.0213. The predicted molar refractivity (Wildman–Crippen MR) is 202 cm³/mol. The van der Waals surface area contributed by atoms with Crippen molar-refractivity contribution >= 4 is 43.1 Å². The van der Waals surface area contributed by atoms with Gasteiger partial charge in [0.15, 0.2) is 0 Å². The van der Waals surface area contributed by atoms with E-state index in [1.165, 1.54) is 87.6 Å². The molecule has 220 valence electrons. The summed E-state index contributed by atoms with van der Waals surface area (Å²) in [4.78, 5) is 0. The van der Waals surface area contributed by atoms with Crippen molar-refractivity contribution in [2.75, 3.05) is 0 Å². The molecule has 0 N–H and O–H groups in total. The average Bonchev–Trinajstić information content (AvgIpc) is 3.15. The van der Waals surface area contributed by atoms with Crippen LogP contribution in [-0.4, -0.2) is 0 Å². The molecule has 0 fully saturated rings. The standard InChI is InChI=1S/C47H32/c1-3-15-32(16-4-1)37-21-9-8-20-35(37)29-46-39-23-11-13-25-42(39)47(43-26-14-12-24-40(43)46)36-30-44(33-17-5-2-6-18-33)41-28-27-34-19-7-10-22-38(34)45(41)31-36/h1-28,30-31H,29H2. The van der Waals surface area contributed by atoms with Crippen LogP contribution >= 0.6 is 0 Å². The van der Waals surface area contributed by atoms with Gasteiger partial charge in [0.05, 0.1) is 0 Å². The van der Waals surface area contributed by atoms with Crippen LogP contribution in [0.25, 0.3) is 76.5 Å². The number of fused-ring (bicyclic) bond motifs is 5. The highest BCUT2D eigenvalue weighted by molar-refractivity contribution is 6.19. The molecule has 0 aromatic heterocycles. The van der Waals surface area contributed by atoms with E-state index in [1.54, 1.807) is 0 Å². The normalized spacial score (nSPS) is 11.5. The van der Waals surface area contributed by atoms with Crippen molar-refractivity contribution < 1.29 is 0 Å². The summed E-state index contributed by atoms with van der Waals surface area (Å²) in [5, 5.41) is 10.3. The first kappa shape index (κ1) is 27.3. The Morgan fingerprint density at radius 3 is 1.51 bits per heavy atom. The number of rotatable bonds is 5. The van der Waals surface area contributed by atoms with Gasteiger partial charge in [-0.1, -0.05) is 170 Å².